The molecule has 2 atom stereocenters. The molecule has 9 heteroatoms. The molecule has 2 aromatic carbocycles. The van der Waals surface area contributed by atoms with Crippen molar-refractivity contribution in [3.63, 3.8) is 0 Å². The minimum atomic E-state index is -0.544. The molecule has 4 aromatic rings. The smallest absolute Gasteiger partial charge is 0.184 e. The van der Waals surface area contributed by atoms with Crippen LogP contribution in [0.3, 0.4) is 0 Å². The van der Waals surface area contributed by atoms with Gasteiger partial charge in [0.1, 0.15) is 16.8 Å². The number of halogens is 2. The number of aliphatic hydroxyl groups excluding tert-OH is 1. The summed E-state index contributed by atoms with van der Waals surface area (Å²) in [4.78, 5) is 12.6. The van der Waals surface area contributed by atoms with Crippen LogP contribution in [0.4, 0.5) is 15.3 Å². The van der Waals surface area contributed by atoms with E-state index in [-0.39, 0.29) is 23.6 Å². The molecule has 0 bridgehead atoms. The SMILES string of the molecule is O[C@H]1Cc2ccccc2C1Nc1nc2ccc(CNc3cncc(Cl)n3)c(F)c2s1. The summed E-state index contributed by atoms with van der Waals surface area (Å²) in [6.07, 6.45) is 3.01. The molecule has 1 aliphatic rings. The van der Waals surface area contributed by atoms with Crippen molar-refractivity contribution in [3.05, 3.63) is 76.5 Å². The maximum absolute atomic E-state index is 15.1. The van der Waals surface area contributed by atoms with Gasteiger partial charge in [-0.15, -0.1) is 0 Å². The van der Waals surface area contributed by atoms with Gasteiger partial charge in [-0.1, -0.05) is 53.3 Å². The van der Waals surface area contributed by atoms with Crippen molar-refractivity contribution < 1.29 is 9.50 Å². The lowest BCUT2D eigenvalue weighted by molar-refractivity contribution is 0.166. The van der Waals surface area contributed by atoms with Crippen molar-refractivity contribution in [2.45, 2.75) is 25.1 Å². The van der Waals surface area contributed by atoms with E-state index < -0.39 is 6.10 Å². The van der Waals surface area contributed by atoms with Crippen LogP contribution >= 0.6 is 22.9 Å². The third kappa shape index (κ3) is 3.58. The number of rotatable bonds is 5. The second-order valence-corrected chi connectivity index (χ2v) is 8.47. The fourth-order valence-corrected chi connectivity index (χ4v) is 4.80. The zero-order valence-corrected chi connectivity index (χ0v) is 17.2. The number of thiazole rings is 1. The molecular weight excluding hydrogens is 425 g/mol. The Labute approximate surface area is 180 Å². The molecule has 30 heavy (non-hydrogen) atoms. The highest BCUT2D eigenvalue weighted by Gasteiger charge is 2.31. The summed E-state index contributed by atoms with van der Waals surface area (Å²) in [6, 6.07) is 11.2. The predicted molar refractivity (Wildman–Crippen MR) is 116 cm³/mol. The maximum atomic E-state index is 15.1. The van der Waals surface area contributed by atoms with E-state index in [1.807, 2.05) is 24.3 Å². The molecule has 0 aliphatic heterocycles. The highest BCUT2D eigenvalue weighted by molar-refractivity contribution is 7.22. The minimum absolute atomic E-state index is 0.242. The average Bonchev–Trinajstić information content (AvgIpc) is 3.29. The minimum Gasteiger partial charge on any atom is -0.390 e. The first-order valence-corrected chi connectivity index (χ1v) is 10.6. The molecule has 0 radical (unpaired) electrons. The van der Waals surface area contributed by atoms with Crippen molar-refractivity contribution in [1.82, 2.24) is 15.0 Å². The summed E-state index contributed by atoms with van der Waals surface area (Å²) in [6.45, 7) is 0.242. The predicted octanol–water partition coefficient (Wildman–Crippen LogP) is 4.56. The van der Waals surface area contributed by atoms with E-state index >= 15 is 4.39 Å². The first kappa shape index (κ1) is 19.2. The average molecular weight is 442 g/mol. The topological polar surface area (TPSA) is 83.0 Å². The molecule has 1 aliphatic carbocycles. The Hall–Kier alpha value is -2.81. The second-order valence-electron chi connectivity index (χ2n) is 7.08. The van der Waals surface area contributed by atoms with Crippen molar-refractivity contribution in [3.8, 4) is 0 Å². The van der Waals surface area contributed by atoms with E-state index in [2.05, 4.69) is 25.6 Å². The fraction of sp³-hybridized carbons (Fsp3) is 0.190. The number of nitrogens with zero attached hydrogens (tertiary/aromatic N) is 3. The van der Waals surface area contributed by atoms with E-state index in [1.165, 1.54) is 23.7 Å². The largest absolute Gasteiger partial charge is 0.390 e. The van der Waals surface area contributed by atoms with Crippen LogP contribution in [0.1, 0.15) is 22.7 Å². The molecule has 152 valence electrons. The molecule has 0 fully saturated rings. The molecule has 2 heterocycles. The Kier molecular flexibility index (Phi) is 4.98. The van der Waals surface area contributed by atoms with E-state index in [4.69, 9.17) is 11.6 Å². The second kappa shape index (κ2) is 7.79. The van der Waals surface area contributed by atoms with Crippen molar-refractivity contribution in [2.24, 2.45) is 0 Å². The van der Waals surface area contributed by atoms with Gasteiger partial charge in [0.2, 0.25) is 0 Å². The number of hydrogen-bond donors (Lipinski definition) is 3. The van der Waals surface area contributed by atoms with Gasteiger partial charge in [-0.2, -0.15) is 0 Å². The monoisotopic (exact) mass is 441 g/mol. The Morgan fingerprint density at radius 2 is 2.03 bits per heavy atom. The Morgan fingerprint density at radius 1 is 1.17 bits per heavy atom. The quantitative estimate of drug-likeness (QED) is 0.421. The van der Waals surface area contributed by atoms with E-state index in [1.54, 1.807) is 12.1 Å². The molecule has 6 nitrogen and oxygen atoms in total. The maximum Gasteiger partial charge on any atom is 0.184 e. The lowest BCUT2D eigenvalue weighted by Gasteiger charge is -2.16. The third-order valence-corrected chi connectivity index (χ3v) is 6.30. The Morgan fingerprint density at radius 3 is 2.90 bits per heavy atom. The summed E-state index contributed by atoms with van der Waals surface area (Å²) < 4.78 is 15.6. The van der Waals surface area contributed by atoms with Crippen LogP contribution in [0.15, 0.2) is 48.8 Å². The summed E-state index contributed by atoms with van der Waals surface area (Å²) in [5, 5.41) is 17.6. The van der Waals surface area contributed by atoms with Crippen LogP contribution in [0.2, 0.25) is 5.15 Å². The van der Waals surface area contributed by atoms with Crippen molar-refractivity contribution in [1.29, 1.82) is 0 Å². The van der Waals surface area contributed by atoms with Crippen LogP contribution in [0.25, 0.3) is 10.2 Å². The van der Waals surface area contributed by atoms with Gasteiger partial charge in [0.15, 0.2) is 5.13 Å². The van der Waals surface area contributed by atoms with Gasteiger partial charge in [-0.3, -0.25) is 4.98 Å². The van der Waals surface area contributed by atoms with E-state index in [0.717, 1.165) is 11.1 Å². The van der Waals surface area contributed by atoms with E-state index in [0.29, 0.717) is 33.2 Å². The molecule has 1 unspecified atom stereocenters. The van der Waals surface area contributed by atoms with Crippen LogP contribution in [-0.2, 0) is 13.0 Å². The normalized spacial score (nSPS) is 17.8. The summed E-state index contributed by atoms with van der Waals surface area (Å²) in [7, 11) is 0. The molecule has 2 aromatic heterocycles. The number of aliphatic hydroxyl groups is 1. The van der Waals surface area contributed by atoms with Crippen LogP contribution in [0.5, 0.6) is 0 Å². The molecule has 0 spiro atoms. The molecule has 5 rings (SSSR count). The van der Waals surface area contributed by atoms with Crippen molar-refractivity contribution >= 4 is 44.1 Å². The number of hydrogen-bond acceptors (Lipinski definition) is 7. The number of aromatic nitrogens is 3. The number of fused-ring (bicyclic) bond motifs is 2. The van der Waals surface area contributed by atoms with Crippen LogP contribution in [0, 0.1) is 5.82 Å². The molecule has 3 N–H and O–H groups in total. The van der Waals surface area contributed by atoms with E-state index in [9.17, 15) is 5.11 Å². The van der Waals surface area contributed by atoms with Gasteiger partial charge in [-0.25, -0.2) is 14.4 Å². The van der Waals surface area contributed by atoms with Gasteiger partial charge >= 0.3 is 0 Å². The Bertz CT molecular complexity index is 1230. The third-order valence-electron chi connectivity index (χ3n) is 5.13. The van der Waals surface area contributed by atoms with Gasteiger partial charge in [-0.05, 0) is 17.2 Å². The first-order valence-electron chi connectivity index (χ1n) is 9.40. The molecule has 0 amide bonds. The van der Waals surface area contributed by atoms with Gasteiger partial charge in [0.05, 0.1) is 34.8 Å². The van der Waals surface area contributed by atoms with Crippen molar-refractivity contribution in [2.75, 3.05) is 10.6 Å². The lowest BCUT2D eigenvalue weighted by atomic mass is 10.1. The summed E-state index contributed by atoms with van der Waals surface area (Å²) in [5.41, 5.74) is 3.24. The Balaban J connectivity index is 1.38. The van der Waals surface area contributed by atoms with Gasteiger partial charge in [0.25, 0.3) is 0 Å². The van der Waals surface area contributed by atoms with Gasteiger partial charge in [0, 0.05) is 18.5 Å². The molecular formula is C21H17ClFN5OS. The zero-order chi connectivity index (χ0) is 20.7. The number of nitrogens with one attached hydrogen (secondary N) is 2. The molecule has 0 saturated heterocycles. The zero-order valence-electron chi connectivity index (χ0n) is 15.6. The highest BCUT2D eigenvalue weighted by atomic mass is 35.5. The van der Waals surface area contributed by atoms with Gasteiger partial charge < -0.3 is 15.7 Å². The standard InChI is InChI=1S/C21H17ClFN5OS/c22-16-9-24-10-17(27-16)25-8-12-5-6-14-20(18(12)23)30-21(26-14)28-19-13-4-2-1-3-11(13)7-15(19)29/h1-6,9-10,15,19,29H,7-8H2,(H,25,27)(H,26,28)/t15-,19?/m0/s1. The number of anilines is 2. The summed E-state index contributed by atoms with van der Waals surface area (Å²) in [5.74, 6) is 0.149. The van der Waals surface area contributed by atoms with Crippen LogP contribution < -0.4 is 10.6 Å². The lowest BCUT2D eigenvalue weighted by Crippen LogP contribution is -2.20. The van der Waals surface area contributed by atoms with Crippen LogP contribution in [-0.4, -0.2) is 26.2 Å². The summed E-state index contributed by atoms with van der Waals surface area (Å²) >= 11 is 7.07. The highest BCUT2D eigenvalue weighted by Crippen LogP contribution is 2.37. The molecule has 0 saturated carbocycles. The fourth-order valence-electron chi connectivity index (χ4n) is 3.69. The number of benzene rings is 2. The first-order chi connectivity index (χ1) is 14.6.